The van der Waals surface area contributed by atoms with Crippen LogP contribution in [0.4, 0.5) is 4.79 Å². The van der Waals surface area contributed by atoms with Gasteiger partial charge in [-0.15, -0.1) is 0 Å². The van der Waals surface area contributed by atoms with E-state index >= 15 is 0 Å². The molecule has 114 valence electrons. The fourth-order valence-electron chi connectivity index (χ4n) is 3.01. The van der Waals surface area contributed by atoms with Gasteiger partial charge >= 0.3 is 6.09 Å². The molecule has 2 rings (SSSR count). The third-order valence-electron chi connectivity index (χ3n) is 4.47. The van der Waals surface area contributed by atoms with Gasteiger partial charge in [0, 0.05) is 32.1 Å². The number of carbonyl (C=O) groups is 2. The molecule has 2 saturated heterocycles. The molecule has 2 fully saturated rings. The molecule has 0 spiro atoms. The highest BCUT2D eigenvalue weighted by Crippen LogP contribution is 2.23. The largest absolute Gasteiger partial charge is 0.450 e. The first kappa shape index (κ1) is 15.1. The summed E-state index contributed by atoms with van der Waals surface area (Å²) in [5, 5.41) is 0. The Morgan fingerprint density at radius 1 is 1.00 bits per heavy atom. The maximum atomic E-state index is 12.5. The molecular weight excluding hydrogens is 256 g/mol. The standard InChI is InChI=1S/C15H26N2O3/c1-3-20-15(19)17-10-6-13(7-11-17)14(18)16-8-4-12(2)5-9-16/h12-13H,3-11H2,1-2H3. The van der Waals surface area contributed by atoms with Crippen molar-refractivity contribution in [1.29, 1.82) is 0 Å². The highest BCUT2D eigenvalue weighted by molar-refractivity contribution is 5.79. The first-order valence-electron chi connectivity index (χ1n) is 7.82. The van der Waals surface area contributed by atoms with Gasteiger partial charge in [0.15, 0.2) is 0 Å². The fourth-order valence-corrected chi connectivity index (χ4v) is 3.01. The molecular formula is C15H26N2O3. The van der Waals surface area contributed by atoms with Gasteiger partial charge in [-0.25, -0.2) is 4.79 Å². The average Bonchev–Trinajstić information content (AvgIpc) is 2.48. The molecule has 2 heterocycles. The predicted octanol–water partition coefficient (Wildman–Crippen LogP) is 2.11. The predicted molar refractivity (Wildman–Crippen MR) is 76.3 cm³/mol. The van der Waals surface area contributed by atoms with Crippen LogP contribution in [0.5, 0.6) is 0 Å². The van der Waals surface area contributed by atoms with Gasteiger partial charge in [0.05, 0.1) is 6.61 Å². The molecule has 5 nitrogen and oxygen atoms in total. The molecule has 2 amide bonds. The maximum Gasteiger partial charge on any atom is 0.409 e. The van der Waals surface area contributed by atoms with Crippen LogP contribution >= 0.6 is 0 Å². The fraction of sp³-hybridized carbons (Fsp3) is 0.867. The normalized spacial score (nSPS) is 21.9. The minimum Gasteiger partial charge on any atom is -0.450 e. The zero-order valence-electron chi connectivity index (χ0n) is 12.6. The number of rotatable bonds is 2. The summed E-state index contributed by atoms with van der Waals surface area (Å²) < 4.78 is 5.00. The van der Waals surface area contributed by atoms with E-state index in [2.05, 4.69) is 6.92 Å². The maximum absolute atomic E-state index is 12.5. The zero-order valence-corrected chi connectivity index (χ0v) is 12.6. The molecule has 0 aromatic rings. The van der Waals surface area contributed by atoms with E-state index in [1.54, 1.807) is 4.90 Å². The monoisotopic (exact) mass is 282 g/mol. The lowest BCUT2D eigenvalue weighted by molar-refractivity contribution is -0.138. The van der Waals surface area contributed by atoms with Crippen molar-refractivity contribution in [3.8, 4) is 0 Å². The van der Waals surface area contributed by atoms with Gasteiger partial charge in [-0.05, 0) is 38.5 Å². The van der Waals surface area contributed by atoms with Crippen molar-refractivity contribution in [3.05, 3.63) is 0 Å². The van der Waals surface area contributed by atoms with Crippen molar-refractivity contribution in [2.75, 3.05) is 32.8 Å². The molecule has 0 unspecified atom stereocenters. The van der Waals surface area contributed by atoms with Crippen LogP contribution < -0.4 is 0 Å². The molecule has 2 aliphatic heterocycles. The van der Waals surface area contributed by atoms with Crippen LogP contribution in [0.1, 0.15) is 39.5 Å². The second kappa shape index (κ2) is 6.95. The highest BCUT2D eigenvalue weighted by atomic mass is 16.6. The van der Waals surface area contributed by atoms with Gasteiger partial charge in [0.2, 0.25) is 5.91 Å². The number of hydrogen-bond acceptors (Lipinski definition) is 3. The highest BCUT2D eigenvalue weighted by Gasteiger charge is 2.31. The first-order chi connectivity index (χ1) is 9.61. The Labute approximate surface area is 121 Å². The van der Waals surface area contributed by atoms with Gasteiger partial charge in [-0.2, -0.15) is 0 Å². The Balaban J connectivity index is 1.78. The number of amides is 2. The van der Waals surface area contributed by atoms with E-state index in [1.165, 1.54) is 0 Å². The van der Waals surface area contributed by atoms with Crippen LogP contribution in [0, 0.1) is 11.8 Å². The lowest BCUT2D eigenvalue weighted by atomic mass is 9.93. The Morgan fingerprint density at radius 3 is 2.10 bits per heavy atom. The Bertz CT molecular complexity index is 343. The van der Waals surface area contributed by atoms with Gasteiger partial charge in [0.25, 0.3) is 0 Å². The van der Waals surface area contributed by atoms with Crippen molar-refractivity contribution in [1.82, 2.24) is 9.80 Å². The van der Waals surface area contributed by atoms with Crippen molar-refractivity contribution in [2.45, 2.75) is 39.5 Å². The second-order valence-electron chi connectivity index (χ2n) is 5.97. The molecule has 0 saturated carbocycles. The summed E-state index contributed by atoms with van der Waals surface area (Å²) in [5.74, 6) is 1.12. The molecule has 0 aliphatic carbocycles. The summed E-state index contributed by atoms with van der Waals surface area (Å²) in [6.07, 6.45) is 3.53. The van der Waals surface area contributed by atoms with Gasteiger partial charge < -0.3 is 14.5 Å². The van der Waals surface area contributed by atoms with Crippen LogP contribution in [0.25, 0.3) is 0 Å². The molecule has 20 heavy (non-hydrogen) atoms. The van der Waals surface area contributed by atoms with Gasteiger partial charge in [-0.1, -0.05) is 6.92 Å². The van der Waals surface area contributed by atoms with E-state index in [-0.39, 0.29) is 12.0 Å². The molecule has 0 N–H and O–H groups in total. The number of likely N-dealkylation sites (tertiary alicyclic amines) is 2. The summed E-state index contributed by atoms with van der Waals surface area (Å²) in [7, 11) is 0. The zero-order chi connectivity index (χ0) is 14.5. The number of nitrogens with zero attached hydrogens (tertiary/aromatic N) is 2. The lowest BCUT2D eigenvalue weighted by Crippen LogP contribution is -2.46. The quantitative estimate of drug-likeness (QED) is 0.779. The Hall–Kier alpha value is -1.26. The summed E-state index contributed by atoms with van der Waals surface area (Å²) >= 11 is 0. The Morgan fingerprint density at radius 2 is 1.55 bits per heavy atom. The Kier molecular flexibility index (Phi) is 5.26. The summed E-state index contributed by atoms with van der Waals surface area (Å²) in [4.78, 5) is 27.8. The smallest absolute Gasteiger partial charge is 0.409 e. The van der Waals surface area contributed by atoms with Gasteiger partial charge in [-0.3, -0.25) is 4.79 Å². The number of piperidine rings is 2. The topological polar surface area (TPSA) is 49.9 Å². The van der Waals surface area contributed by atoms with E-state index in [0.717, 1.165) is 44.7 Å². The van der Waals surface area contributed by atoms with Crippen LogP contribution in [0.3, 0.4) is 0 Å². The summed E-state index contributed by atoms with van der Waals surface area (Å²) in [5.41, 5.74) is 0. The lowest BCUT2D eigenvalue weighted by Gasteiger charge is -2.36. The van der Waals surface area contributed by atoms with Crippen molar-refractivity contribution < 1.29 is 14.3 Å². The number of hydrogen-bond donors (Lipinski definition) is 0. The molecule has 0 atom stereocenters. The van der Waals surface area contributed by atoms with E-state index in [9.17, 15) is 9.59 Å². The van der Waals surface area contributed by atoms with Crippen molar-refractivity contribution in [3.63, 3.8) is 0 Å². The second-order valence-corrected chi connectivity index (χ2v) is 5.97. The average molecular weight is 282 g/mol. The van der Waals surface area contributed by atoms with Crippen LogP contribution in [-0.4, -0.2) is 54.6 Å². The van der Waals surface area contributed by atoms with Gasteiger partial charge in [0.1, 0.15) is 0 Å². The number of ether oxygens (including phenoxy) is 1. The summed E-state index contributed by atoms with van der Waals surface area (Å²) in [6.45, 7) is 7.55. The van der Waals surface area contributed by atoms with E-state index in [4.69, 9.17) is 4.74 Å². The third kappa shape index (κ3) is 3.64. The number of carbonyl (C=O) groups excluding carboxylic acids is 2. The third-order valence-corrected chi connectivity index (χ3v) is 4.47. The minimum absolute atomic E-state index is 0.0917. The summed E-state index contributed by atoms with van der Waals surface area (Å²) in [6, 6.07) is 0. The molecule has 0 radical (unpaired) electrons. The van der Waals surface area contributed by atoms with Crippen molar-refractivity contribution >= 4 is 12.0 Å². The molecule has 0 bridgehead atoms. The SMILES string of the molecule is CCOC(=O)N1CCC(C(=O)N2CCC(C)CC2)CC1. The molecule has 2 aliphatic rings. The molecule has 5 heteroatoms. The van der Waals surface area contributed by atoms with Crippen LogP contribution in [-0.2, 0) is 9.53 Å². The first-order valence-corrected chi connectivity index (χ1v) is 7.82. The van der Waals surface area contributed by atoms with E-state index in [1.807, 2.05) is 11.8 Å². The van der Waals surface area contributed by atoms with E-state index < -0.39 is 0 Å². The minimum atomic E-state index is -0.245. The molecule has 0 aromatic carbocycles. The van der Waals surface area contributed by atoms with Crippen molar-refractivity contribution in [2.24, 2.45) is 11.8 Å². The van der Waals surface area contributed by atoms with Crippen LogP contribution in [0.15, 0.2) is 0 Å². The van der Waals surface area contributed by atoms with Crippen LogP contribution in [0.2, 0.25) is 0 Å². The van der Waals surface area contributed by atoms with E-state index in [0.29, 0.717) is 25.6 Å². The molecule has 0 aromatic heterocycles.